The molecule has 0 aromatic heterocycles. The van der Waals surface area contributed by atoms with Crippen LogP contribution in [0.5, 0.6) is 0 Å². The molecule has 0 rings (SSSR count). The maximum Gasteiger partial charge on any atom is 0.221 e. The molecule has 0 aromatic rings. The summed E-state index contributed by atoms with van der Waals surface area (Å²) in [6.45, 7) is 8.59. The van der Waals surface area contributed by atoms with Gasteiger partial charge in [-0.15, -0.1) is 12.8 Å². The smallest absolute Gasteiger partial charge is 0.221 e. The number of rotatable bonds is 5. The Balaban J connectivity index is -0.000000256. The highest BCUT2D eigenvalue weighted by Gasteiger charge is 2.01. The van der Waals surface area contributed by atoms with Crippen molar-refractivity contribution in [2.75, 3.05) is 13.1 Å². The average Bonchev–Trinajstić information content (AvgIpc) is 2.35. The molecule has 0 bridgehead atoms. The lowest BCUT2D eigenvalue weighted by Gasteiger charge is -2.02. The third-order valence-electron chi connectivity index (χ3n) is 1.67. The van der Waals surface area contributed by atoms with Gasteiger partial charge in [-0.05, 0) is 23.4 Å². The first-order valence-electron chi connectivity index (χ1n) is 6.73. The van der Waals surface area contributed by atoms with Crippen molar-refractivity contribution in [1.82, 2.24) is 5.32 Å². The largest absolute Gasteiger partial charge is 0.345 e. The Morgan fingerprint density at radius 1 is 1.10 bits per heavy atom. The summed E-state index contributed by atoms with van der Waals surface area (Å²) < 4.78 is 0. The van der Waals surface area contributed by atoms with Crippen LogP contribution in [-0.2, 0) is 9.59 Å². The molecule has 0 saturated heterocycles. The van der Waals surface area contributed by atoms with Gasteiger partial charge in [0.05, 0.1) is 13.1 Å². The Morgan fingerprint density at radius 2 is 1.52 bits per heavy atom. The number of carbonyl (C=O) groups excluding carboxylic acids is 2. The van der Waals surface area contributed by atoms with Gasteiger partial charge in [-0.25, -0.2) is 0 Å². The Morgan fingerprint density at radius 3 is 1.71 bits per heavy atom. The monoisotopic (exact) mass is 314 g/mol. The predicted octanol–water partition coefficient (Wildman–Crippen LogP) is 2.16. The summed E-state index contributed by atoms with van der Waals surface area (Å²) in [4.78, 5) is 20.8. The highest BCUT2D eigenvalue weighted by molar-refractivity contribution is 6.63. The summed E-state index contributed by atoms with van der Waals surface area (Å²) in [5.41, 5.74) is 4.79. The minimum atomic E-state index is -0.241. The summed E-state index contributed by atoms with van der Waals surface area (Å²) in [5.74, 6) is 5.38. The van der Waals surface area contributed by atoms with Crippen molar-refractivity contribution in [3.63, 3.8) is 0 Å². The molecule has 120 valence electrons. The van der Waals surface area contributed by atoms with Crippen LogP contribution in [0, 0.1) is 36.5 Å². The Hall–Kier alpha value is -1.49. The second kappa shape index (κ2) is 18.5. The molecule has 0 aliphatic heterocycles. The van der Waals surface area contributed by atoms with E-state index in [9.17, 15) is 9.59 Å². The molecule has 0 spiro atoms. The molecule has 0 radical (unpaired) electrons. The third kappa shape index (κ3) is 38.1. The lowest BCUT2D eigenvalue weighted by Crippen LogP contribution is -2.24. The Kier molecular flexibility index (Phi) is 21.6. The number of hydrogen-bond donors (Lipinski definition) is 2. The van der Waals surface area contributed by atoms with E-state index in [1.54, 1.807) is 0 Å². The molecule has 21 heavy (non-hydrogen) atoms. The van der Waals surface area contributed by atoms with Crippen molar-refractivity contribution in [2.24, 2.45) is 17.6 Å². The molecule has 0 atom stereocenters. The van der Waals surface area contributed by atoms with Crippen molar-refractivity contribution in [3.05, 3.63) is 0 Å². The molecule has 0 unspecified atom stereocenters. The lowest BCUT2D eigenvalue weighted by atomic mass is 10.1. The number of amides is 1. The maximum absolute atomic E-state index is 10.8. The molecule has 0 aromatic carbocycles. The van der Waals surface area contributed by atoms with Gasteiger partial charge in [0.2, 0.25) is 11.1 Å². The molecule has 0 aliphatic rings. The predicted molar refractivity (Wildman–Crippen MR) is 89.5 cm³/mol. The highest BCUT2D eigenvalue weighted by atomic mass is 35.5. The van der Waals surface area contributed by atoms with Crippen LogP contribution in [0.3, 0.4) is 0 Å². The number of terminal acetylenes is 2. The van der Waals surface area contributed by atoms with E-state index in [0.717, 1.165) is 0 Å². The average molecular weight is 315 g/mol. The minimum absolute atomic E-state index is 0.0351. The maximum atomic E-state index is 10.8. The zero-order valence-electron chi connectivity index (χ0n) is 13.4. The van der Waals surface area contributed by atoms with Crippen LogP contribution in [-0.4, -0.2) is 24.2 Å². The Bertz CT molecular complexity index is 352. The fraction of sp³-hybridized carbons (Fsp3) is 0.625. The van der Waals surface area contributed by atoms with E-state index >= 15 is 0 Å². The summed E-state index contributed by atoms with van der Waals surface area (Å²) in [7, 11) is 0. The molecular weight excluding hydrogens is 288 g/mol. The van der Waals surface area contributed by atoms with Gasteiger partial charge in [0.15, 0.2) is 0 Å². The zero-order valence-corrected chi connectivity index (χ0v) is 14.2. The summed E-state index contributed by atoms with van der Waals surface area (Å²) >= 11 is 5.03. The summed E-state index contributed by atoms with van der Waals surface area (Å²) in [5, 5.41) is 2.35. The van der Waals surface area contributed by atoms with Crippen molar-refractivity contribution in [3.8, 4) is 24.7 Å². The molecule has 0 aliphatic carbocycles. The van der Waals surface area contributed by atoms with Crippen molar-refractivity contribution in [1.29, 1.82) is 0 Å². The van der Waals surface area contributed by atoms with Crippen molar-refractivity contribution >= 4 is 22.8 Å². The van der Waals surface area contributed by atoms with E-state index in [1.165, 1.54) is 0 Å². The second-order valence-electron chi connectivity index (χ2n) is 4.94. The quantitative estimate of drug-likeness (QED) is 0.603. The van der Waals surface area contributed by atoms with Gasteiger partial charge in [-0.3, -0.25) is 9.59 Å². The van der Waals surface area contributed by atoms with Crippen molar-refractivity contribution in [2.45, 2.75) is 40.5 Å². The number of halogens is 1. The normalized spacial score (nSPS) is 8.48. The highest BCUT2D eigenvalue weighted by Crippen LogP contribution is 2.01. The van der Waals surface area contributed by atoms with E-state index in [2.05, 4.69) is 23.6 Å². The zero-order chi connectivity index (χ0) is 17.3. The van der Waals surface area contributed by atoms with Crippen molar-refractivity contribution < 1.29 is 9.59 Å². The fourth-order valence-electron chi connectivity index (χ4n) is 0.914. The molecule has 1 amide bonds. The number of nitrogens with one attached hydrogen (secondary N) is 1. The van der Waals surface area contributed by atoms with Gasteiger partial charge in [-0.2, -0.15) is 0 Å². The molecule has 0 heterocycles. The molecule has 0 fully saturated rings. The van der Waals surface area contributed by atoms with Gasteiger partial charge in [0.1, 0.15) is 0 Å². The summed E-state index contributed by atoms with van der Waals surface area (Å²) in [6.07, 6.45) is 10.6. The van der Waals surface area contributed by atoms with Gasteiger partial charge < -0.3 is 11.1 Å². The fourth-order valence-corrected chi connectivity index (χ4v) is 1.22. The van der Waals surface area contributed by atoms with E-state index in [4.69, 9.17) is 23.8 Å². The second-order valence-corrected chi connectivity index (χ2v) is 5.36. The van der Waals surface area contributed by atoms with E-state index < -0.39 is 0 Å². The van der Waals surface area contributed by atoms with Crippen LogP contribution >= 0.6 is 11.6 Å². The molecule has 4 nitrogen and oxygen atoms in total. The number of nitrogens with two attached hydrogens (primary N) is 1. The van der Waals surface area contributed by atoms with Crippen LogP contribution in [0.2, 0.25) is 0 Å². The van der Waals surface area contributed by atoms with E-state index in [-0.39, 0.29) is 11.1 Å². The first-order chi connectivity index (χ1) is 9.70. The summed E-state index contributed by atoms with van der Waals surface area (Å²) in [6, 6.07) is 0. The molecule has 3 N–H and O–H groups in total. The first-order valence-corrected chi connectivity index (χ1v) is 7.10. The van der Waals surface area contributed by atoms with E-state index in [0.29, 0.717) is 37.8 Å². The standard InChI is InChI=1S/C8H13NO.C5H9ClO.C3H5N/c1-4-5-9-8(10)6-7(2)3;1-4(2)3-5(6)7;1-2-3-4/h1,7H,5-6H2,2-3H3,(H,9,10);4H,3H2,1-2H3;1H,3-4H2. The van der Waals surface area contributed by atoms with Crippen LogP contribution < -0.4 is 11.1 Å². The first kappa shape index (κ1) is 24.5. The third-order valence-corrected chi connectivity index (χ3v) is 1.82. The Labute approximate surface area is 134 Å². The topological polar surface area (TPSA) is 72.2 Å². The molecule has 0 saturated carbocycles. The van der Waals surface area contributed by atoms with Gasteiger partial charge in [0, 0.05) is 12.8 Å². The van der Waals surface area contributed by atoms with E-state index in [1.807, 2.05) is 27.7 Å². The van der Waals surface area contributed by atoms with Crippen LogP contribution in [0.4, 0.5) is 0 Å². The van der Waals surface area contributed by atoms with Crippen LogP contribution in [0.15, 0.2) is 0 Å². The lowest BCUT2D eigenvalue weighted by molar-refractivity contribution is -0.121. The van der Waals surface area contributed by atoms with Gasteiger partial charge >= 0.3 is 0 Å². The van der Waals surface area contributed by atoms with Gasteiger partial charge in [0.25, 0.3) is 0 Å². The molecule has 5 heteroatoms. The molecular formula is C16H27ClN2O2. The minimum Gasteiger partial charge on any atom is -0.345 e. The van der Waals surface area contributed by atoms with Crippen LogP contribution in [0.1, 0.15) is 40.5 Å². The number of carbonyl (C=O) groups is 2. The van der Waals surface area contributed by atoms with Gasteiger partial charge in [-0.1, -0.05) is 39.5 Å². The number of hydrogen-bond acceptors (Lipinski definition) is 3. The SMILES string of the molecule is C#CCN.C#CCNC(=O)CC(C)C.CC(C)CC(=O)Cl. The van der Waals surface area contributed by atoms with Crippen LogP contribution in [0.25, 0.3) is 0 Å².